The van der Waals surface area contributed by atoms with E-state index in [0.717, 1.165) is 11.5 Å². The van der Waals surface area contributed by atoms with E-state index in [1.807, 2.05) is 13.8 Å². The molecule has 9 heteroatoms. The highest BCUT2D eigenvalue weighted by molar-refractivity contribution is 7.11. The van der Waals surface area contributed by atoms with Gasteiger partial charge >= 0.3 is 6.18 Å². The molecule has 1 aromatic rings. The molecule has 0 unspecified atom stereocenters. The van der Waals surface area contributed by atoms with Crippen molar-refractivity contribution in [2.75, 3.05) is 30.8 Å². The molecule has 19 heavy (non-hydrogen) atoms. The average Bonchev–Trinajstić information content (AvgIpc) is 2.58. The third kappa shape index (κ3) is 5.97. The molecule has 0 spiro atoms. The van der Waals surface area contributed by atoms with Crippen LogP contribution in [0.15, 0.2) is 0 Å². The number of hydrogen-bond acceptors (Lipinski definition) is 6. The maximum atomic E-state index is 11.8. The van der Waals surface area contributed by atoms with Crippen molar-refractivity contribution >= 4 is 22.4 Å². The van der Waals surface area contributed by atoms with E-state index in [9.17, 15) is 13.2 Å². The van der Waals surface area contributed by atoms with Crippen LogP contribution in [0.3, 0.4) is 0 Å². The highest BCUT2D eigenvalue weighted by atomic mass is 32.1. The fraction of sp³-hybridized carbons (Fsp3) is 0.700. The molecule has 0 fully saturated rings. The number of hydrogen-bond donors (Lipinski definition) is 2. The minimum Gasteiger partial charge on any atom is -0.484 e. The normalized spacial score (nSPS) is 11.9. The van der Waals surface area contributed by atoms with Crippen LogP contribution in [-0.2, 0) is 4.74 Å². The maximum absolute atomic E-state index is 11.8. The number of alkyl halides is 3. The number of rotatable bonds is 7. The molecule has 5 nitrogen and oxygen atoms in total. The SMILES string of the molecule is CC(C)Oc1c(N)nsc1NCCOCC(F)(F)F. The summed E-state index contributed by atoms with van der Waals surface area (Å²) < 4.78 is 49.3. The van der Waals surface area contributed by atoms with E-state index in [-0.39, 0.29) is 25.1 Å². The fourth-order valence-electron chi connectivity index (χ4n) is 1.18. The van der Waals surface area contributed by atoms with E-state index in [4.69, 9.17) is 10.5 Å². The highest BCUT2D eigenvalue weighted by Crippen LogP contribution is 2.35. The number of anilines is 2. The van der Waals surface area contributed by atoms with Crippen LogP contribution >= 0.6 is 11.5 Å². The van der Waals surface area contributed by atoms with Gasteiger partial charge in [-0.05, 0) is 25.4 Å². The van der Waals surface area contributed by atoms with Crippen LogP contribution in [0.5, 0.6) is 5.75 Å². The van der Waals surface area contributed by atoms with Crippen LogP contribution in [-0.4, -0.2) is 36.4 Å². The lowest BCUT2D eigenvalue weighted by Gasteiger charge is -2.12. The Labute approximate surface area is 113 Å². The Hall–Kier alpha value is -1.22. The molecule has 0 saturated heterocycles. The van der Waals surface area contributed by atoms with Gasteiger partial charge < -0.3 is 20.5 Å². The predicted octanol–water partition coefficient (Wildman–Crippen LogP) is 2.50. The molecule has 0 aromatic carbocycles. The van der Waals surface area contributed by atoms with Crippen LogP contribution in [0.1, 0.15) is 13.8 Å². The van der Waals surface area contributed by atoms with Gasteiger partial charge in [-0.1, -0.05) is 0 Å². The standard InChI is InChI=1S/C10H16F3N3O2S/c1-6(2)18-7-8(14)16-19-9(7)15-3-4-17-5-10(11,12)13/h6,15H,3-5H2,1-2H3,(H2,14,16). The topological polar surface area (TPSA) is 69.4 Å². The Morgan fingerprint density at radius 3 is 2.68 bits per heavy atom. The van der Waals surface area contributed by atoms with Gasteiger partial charge in [-0.2, -0.15) is 17.5 Å². The first-order valence-corrected chi connectivity index (χ1v) is 6.37. The van der Waals surface area contributed by atoms with Gasteiger partial charge in [-0.3, -0.25) is 0 Å². The minimum absolute atomic E-state index is 0.0688. The summed E-state index contributed by atoms with van der Waals surface area (Å²) in [5, 5.41) is 3.47. The zero-order chi connectivity index (χ0) is 14.5. The van der Waals surface area contributed by atoms with Crippen LogP contribution in [0.2, 0.25) is 0 Å². The molecule has 0 bridgehead atoms. The van der Waals surface area contributed by atoms with Gasteiger partial charge in [-0.25, -0.2) is 0 Å². The first kappa shape index (κ1) is 15.8. The van der Waals surface area contributed by atoms with Crippen molar-refractivity contribution < 1.29 is 22.6 Å². The van der Waals surface area contributed by atoms with E-state index in [0.29, 0.717) is 10.8 Å². The molecule has 1 rings (SSSR count). The summed E-state index contributed by atoms with van der Waals surface area (Å²) in [4.78, 5) is 0. The van der Waals surface area contributed by atoms with Crippen molar-refractivity contribution in [2.24, 2.45) is 0 Å². The second kappa shape index (κ2) is 6.80. The Bertz CT molecular complexity index is 396. The number of nitrogens with two attached hydrogens (primary N) is 1. The lowest BCUT2D eigenvalue weighted by molar-refractivity contribution is -0.172. The highest BCUT2D eigenvalue weighted by Gasteiger charge is 2.27. The first-order chi connectivity index (χ1) is 8.79. The van der Waals surface area contributed by atoms with Gasteiger partial charge in [0.25, 0.3) is 0 Å². The summed E-state index contributed by atoms with van der Waals surface area (Å²) in [6.07, 6.45) is -4.37. The molecular weight excluding hydrogens is 283 g/mol. The number of ether oxygens (including phenoxy) is 2. The van der Waals surface area contributed by atoms with Crippen molar-refractivity contribution in [2.45, 2.75) is 26.1 Å². The van der Waals surface area contributed by atoms with Crippen molar-refractivity contribution in [3.63, 3.8) is 0 Å². The molecule has 0 aliphatic heterocycles. The maximum Gasteiger partial charge on any atom is 0.411 e. The molecule has 0 saturated carbocycles. The predicted molar refractivity (Wildman–Crippen MR) is 67.7 cm³/mol. The smallest absolute Gasteiger partial charge is 0.411 e. The molecule has 3 N–H and O–H groups in total. The third-order valence-electron chi connectivity index (χ3n) is 1.83. The molecule has 1 heterocycles. The zero-order valence-electron chi connectivity index (χ0n) is 10.6. The van der Waals surface area contributed by atoms with Crippen LogP contribution in [0.4, 0.5) is 24.0 Å². The summed E-state index contributed by atoms with van der Waals surface area (Å²) in [6, 6.07) is 0. The molecule has 0 radical (unpaired) electrons. The van der Waals surface area contributed by atoms with E-state index in [2.05, 4.69) is 14.4 Å². The molecular formula is C10H16F3N3O2S. The van der Waals surface area contributed by atoms with Gasteiger partial charge in [0.2, 0.25) is 0 Å². The van der Waals surface area contributed by atoms with Gasteiger partial charge in [0.1, 0.15) is 6.61 Å². The Morgan fingerprint density at radius 2 is 2.11 bits per heavy atom. The van der Waals surface area contributed by atoms with E-state index in [1.165, 1.54) is 0 Å². The van der Waals surface area contributed by atoms with Gasteiger partial charge in [0, 0.05) is 6.54 Å². The number of aromatic nitrogens is 1. The fourth-order valence-corrected chi connectivity index (χ4v) is 1.86. The third-order valence-corrected chi connectivity index (χ3v) is 2.63. The van der Waals surface area contributed by atoms with Crippen molar-refractivity contribution in [1.29, 1.82) is 0 Å². The minimum atomic E-state index is -4.30. The monoisotopic (exact) mass is 299 g/mol. The zero-order valence-corrected chi connectivity index (χ0v) is 11.4. The Kier molecular flexibility index (Phi) is 5.67. The summed E-state index contributed by atoms with van der Waals surface area (Å²) >= 11 is 1.09. The number of nitrogens with zero attached hydrogens (tertiary/aromatic N) is 1. The lowest BCUT2D eigenvalue weighted by atomic mass is 10.4. The van der Waals surface area contributed by atoms with Crippen molar-refractivity contribution in [3.05, 3.63) is 0 Å². The van der Waals surface area contributed by atoms with E-state index in [1.54, 1.807) is 0 Å². The summed E-state index contributed by atoms with van der Waals surface area (Å²) in [5.74, 6) is 0.688. The van der Waals surface area contributed by atoms with E-state index >= 15 is 0 Å². The van der Waals surface area contributed by atoms with Crippen molar-refractivity contribution in [3.8, 4) is 5.75 Å². The Morgan fingerprint density at radius 1 is 1.42 bits per heavy atom. The molecule has 0 aliphatic carbocycles. The lowest BCUT2D eigenvalue weighted by Crippen LogP contribution is -2.20. The summed E-state index contributed by atoms with van der Waals surface area (Å²) in [5.41, 5.74) is 5.63. The average molecular weight is 299 g/mol. The number of halogens is 3. The van der Waals surface area contributed by atoms with Crippen LogP contribution in [0.25, 0.3) is 0 Å². The van der Waals surface area contributed by atoms with E-state index < -0.39 is 12.8 Å². The van der Waals surface area contributed by atoms with Crippen LogP contribution in [0, 0.1) is 0 Å². The summed E-state index contributed by atoms with van der Waals surface area (Å²) in [6.45, 7) is 2.57. The van der Waals surface area contributed by atoms with Gasteiger partial charge in [0.15, 0.2) is 16.6 Å². The van der Waals surface area contributed by atoms with Gasteiger partial charge in [0.05, 0.1) is 12.7 Å². The molecule has 1 aromatic heterocycles. The largest absolute Gasteiger partial charge is 0.484 e. The molecule has 110 valence electrons. The van der Waals surface area contributed by atoms with Crippen LogP contribution < -0.4 is 15.8 Å². The van der Waals surface area contributed by atoms with Crippen molar-refractivity contribution in [1.82, 2.24) is 4.37 Å². The summed E-state index contributed by atoms with van der Waals surface area (Å²) in [7, 11) is 0. The molecule has 0 amide bonds. The number of nitrogen functional groups attached to an aromatic ring is 1. The molecule has 0 aliphatic rings. The quantitative estimate of drug-likeness (QED) is 0.757. The number of nitrogens with one attached hydrogen (secondary N) is 1. The second-order valence-corrected chi connectivity index (χ2v) is 4.76. The first-order valence-electron chi connectivity index (χ1n) is 5.59. The molecule has 0 atom stereocenters. The second-order valence-electron chi connectivity index (χ2n) is 3.99. The van der Waals surface area contributed by atoms with Gasteiger partial charge in [-0.15, -0.1) is 0 Å². The Balaban J connectivity index is 2.37.